The maximum absolute atomic E-state index is 12.4. The standard InChI is InChI=1S/C11H17N3O5S2/c1-8(2)14(7-11(12)15)21(18,19)10-5-3-9(4-6-10)20(13,16)17/h3-6,8H,7H2,1-2H3,(H2,12,15)(H2,13,16,17). The molecule has 0 aliphatic heterocycles. The highest BCUT2D eigenvalue weighted by atomic mass is 32.2. The summed E-state index contributed by atoms with van der Waals surface area (Å²) in [6.45, 7) is 2.73. The van der Waals surface area contributed by atoms with Crippen LogP contribution in [-0.2, 0) is 24.8 Å². The van der Waals surface area contributed by atoms with Crippen LogP contribution in [0.3, 0.4) is 0 Å². The summed E-state index contributed by atoms with van der Waals surface area (Å²) in [6, 6.07) is 3.92. The third-order valence-electron chi connectivity index (χ3n) is 2.65. The van der Waals surface area contributed by atoms with E-state index in [1.54, 1.807) is 13.8 Å². The second-order valence-corrected chi connectivity index (χ2v) is 8.08. The lowest BCUT2D eigenvalue weighted by Gasteiger charge is -2.24. The molecular formula is C11H17N3O5S2. The van der Waals surface area contributed by atoms with Gasteiger partial charge in [0.15, 0.2) is 0 Å². The quantitative estimate of drug-likeness (QED) is 0.701. The fraction of sp³-hybridized carbons (Fsp3) is 0.364. The number of nitrogens with zero attached hydrogens (tertiary/aromatic N) is 1. The molecule has 4 N–H and O–H groups in total. The van der Waals surface area contributed by atoms with Crippen LogP contribution < -0.4 is 10.9 Å². The molecule has 10 heteroatoms. The molecule has 0 aliphatic rings. The lowest BCUT2D eigenvalue weighted by molar-refractivity contribution is -0.118. The normalized spacial score (nSPS) is 12.8. The number of rotatable bonds is 6. The molecule has 21 heavy (non-hydrogen) atoms. The van der Waals surface area contributed by atoms with Crippen molar-refractivity contribution in [3.8, 4) is 0 Å². The van der Waals surface area contributed by atoms with Gasteiger partial charge in [-0.1, -0.05) is 0 Å². The number of hydrogen-bond acceptors (Lipinski definition) is 5. The lowest BCUT2D eigenvalue weighted by Crippen LogP contribution is -2.42. The van der Waals surface area contributed by atoms with Gasteiger partial charge in [-0.25, -0.2) is 22.0 Å². The number of carbonyl (C=O) groups is 1. The van der Waals surface area contributed by atoms with Gasteiger partial charge in [0, 0.05) is 6.04 Å². The molecule has 0 aromatic heterocycles. The largest absolute Gasteiger partial charge is 0.369 e. The van der Waals surface area contributed by atoms with E-state index in [9.17, 15) is 21.6 Å². The van der Waals surface area contributed by atoms with Crippen LogP contribution in [0.15, 0.2) is 34.1 Å². The van der Waals surface area contributed by atoms with Crippen molar-refractivity contribution >= 4 is 26.0 Å². The van der Waals surface area contributed by atoms with Crippen molar-refractivity contribution < 1.29 is 21.6 Å². The zero-order valence-corrected chi connectivity index (χ0v) is 13.2. The van der Waals surface area contributed by atoms with Gasteiger partial charge in [-0.3, -0.25) is 4.79 Å². The summed E-state index contributed by atoms with van der Waals surface area (Å²) < 4.78 is 48.0. The Kier molecular flexibility index (Phi) is 5.10. The first-order chi connectivity index (χ1) is 9.46. The van der Waals surface area contributed by atoms with Crippen molar-refractivity contribution in [1.82, 2.24) is 4.31 Å². The Bertz CT molecular complexity index is 724. The van der Waals surface area contributed by atoms with Crippen molar-refractivity contribution in [1.29, 1.82) is 0 Å². The minimum atomic E-state index is -3.96. The molecular weight excluding hydrogens is 318 g/mol. The van der Waals surface area contributed by atoms with Gasteiger partial charge in [-0.2, -0.15) is 4.31 Å². The number of amides is 1. The maximum atomic E-state index is 12.4. The zero-order chi connectivity index (χ0) is 16.4. The molecule has 0 unspecified atom stereocenters. The van der Waals surface area contributed by atoms with Crippen LogP contribution in [0.25, 0.3) is 0 Å². The number of hydrogen-bond donors (Lipinski definition) is 2. The van der Waals surface area contributed by atoms with E-state index in [1.807, 2.05) is 0 Å². The van der Waals surface area contributed by atoms with Crippen molar-refractivity contribution in [3.63, 3.8) is 0 Å². The summed E-state index contributed by atoms with van der Waals surface area (Å²) in [4.78, 5) is 10.6. The topological polar surface area (TPSA) is 141 Å². The maximum Gasteiger partial charge on any atom is 0.243 e. The van der Waals surface area contributed by atoms with Gasteiger partial charge in [0.05, 0.1) is 16.3 Å². The Morgan fingerprint density at radius 1 is 1.10 bits per heavy atom. The molecule has 0 fully saturated rings. The highest BCUT2D eigenvalue weighted by molar-refractivity contribution is 7.89. The van der Waals surface area contributed by atoms with E-state index in [0.717, 1.165) is 28.6 Å². The van der Waals surface area contributed by atoms with E-state index in [4.69, 9.17) is 10.9 Å². The molecule has 0 aliphatic carbocycles. The Morgan fingerprint density at radius 3 is 1.86 bits per heavy atom. The summed E-state index contributed by atoms with van der Waals surface area (Å²) in [5.41, 5.74) is 5.05. The Balaban J connectivity index is 3.26. The van der Waals surface area contributed by atoms with Crippen molar-refractivity contribution in [2.75, 3.05) is 6.54 Å². The van der Waals surface area contributed by atoms with E-state index in [0.29, 0.717) is 0 Å². The Labute approximate surface area is 123 Å². The number of primary sulfonamides is 1. The third kappa shape index (κ3) is 4.24. The van der Waals surface area contributed by atoms with E-state index < -0.39 is 38.5 Å². The zero-order valence-electron chi connectivity index (χ0n) is 11.6. The highest BCUT2D eigenvalue weighted by Gasteiger charge is 2.28. The van der Waals surface area contributed by atoms with Gasteiger partial charge in [0.2, 0.25) is 26.0 Å². The van der Waals surface area contributed by atoms with E-state index >= 15 is 0 Å². The lowest BCUT2D eigenvalue weighted by atomic mass is 10.4. The van der Waals surface area contributed by atoms with Crippen molar-refractivity contribution in [3.05, 3.63) is 24.3 Å². The number of sulfonamides is 2. The van der Waals surface area contributed by atoms with Crippen LogP contribution >= 0.6 is 0 Å². The minimum Gasteiger partial charge on any atom is -0.369 e. The molecule has 8 nitrogen and oxygen atoms in total. The summed E-state index contributed by atoms with van der Waals surface area (Å²) >= 11 is 0. The summed E-state index contributed by atoms with van der Waals surface area (Å²) in [5.74, 6) is -0.784. The van der Waals surface area contributed by atoms with Crippen LogP contribution in [0.5, 0.6) is 0 Å². The molecule has 0 saturated heterocycles. The molecule has 1 amide bonds. The van der Waals surface area contributed by atoms with Gasteiger partial charge >= 0.3 is 0 Å². The molecule has 0 bridgehead atoms. The second-order valence-electron chi connectivity index (χ2n) is 4.63. The predicted molar refractivity (Wildman–Crippen MR) is 76.0 cm³/mol. The van der Waals surface area contributed by atoms with Gasteiger partial charge in [0.1, 0.15) is 0 Å². The average molecular weight is 335 g/mol. The molecule has 1 aromatic carbocycles. The molecule has 1 aromatic rings. The van der Waals surface area contributed by atoms with Crippen LogP contribution in [0.2, 0.25) is 0 Å². The molecule has 0 radical (unpaired) electrons. The number of primary amides is 1. The van der Waals surface area contributed by atoms with E-state index in [1.165, 1.54) is 0 Å². The number of benzene rings is 1. The first kappa shape index (κ1) is 17.6. The van der Waals surface area contributed by atoms with Crippen LogP contribution in [0, 0.1) is 0 Å². The smallest absolute Gasteiger partial charge is 0.243 e. The predicted octanol–water partition coefficient (Wildman–Crippen LogP) is -0.782. The molecule has 118 valence electrons. The summed E-state index contributed by atoms with van der Waals surface area (Å²) in [6.07, 6.45) is 0. The summed E-state index contributed by atoms with van der Waals surface area (Å²) in [7, 11) is -7.86. The molecule has 0 saturated carbocycles. The average Bonchev–Trinajstić information content (AvgIpc) is 2.34. The van der Waals surface area contributed by atoms with E-state index in [-0.39, 0.29) is 9.79 Å². The first-order valence-corrected chi connectivity index (χ1v) is 8.88. The van der Waals surface area contributed by atoms with Crippen LogP contribution in [-0.4, -0.2) is 39.6 Å². The van der Waals surface area contributed by atoms with E-state index in [2.05, 4.69) is 0 Å². The molecule has 1 rings (SSSR count). The van der Waals surface area contributed by atoms with Crippen LogP contribution in [0.4, 0.5) is 0 Å². The number of nitrogens with two attached hydrogens (primary N) is 2. The van der Waals surface area contributed by atoms with Crippen molar-refractivity contribution in [2.45, 2.75) is 29.7 Å². The first-order valence-electron chi connectivity index (χ1n) is 5.89. The SMILES string of the molecule is CC(C)N(CC(N)=O)S(=O)(=O)c1ccc(S(N)(=O)=O)cc1. The highest BCUT2D eigenvalue weighted by Crippen LogP contribution is 2.19. The molecule has 0 spiro atoms. The monoisotopic (exact) mass is 335 g/mol. The Morgan fingerprint density at radius 2 is 1.52 bits per heavy atom. The van der Waals surface area contributed by atoms with Gasteiger partial charge in [-0.05, 0) is 38.1 Å². The fourth-order valence-corrected chi connectivity index (χ4v) is 3.75. The summed E-state index contributed by atoms with van der Waals surface area (Å²) in [5, 5.41) is 4.94. The number of carbonyl (C=O) groups excluding carboxylic acids is 1. The van der Waals surface area contributed by atoms with Crippen LogP contribution in [0.1, 0.15) is 13.8 Å². The molecule has 0 atom stereocenters. The van der Waals surface area contributed by atoms with Crippen molar-refractivity contribution in [2.24, 2.45) is 10.9 Å². The third-order valence-corrected chi connectivity index (χ3v) is 5.61. The Hall–Kier alpha value is -1.49. The molecule has 0 heterocycles. The van der Waals surface area contributed by atoms with Gasteiger partial charge in [-0.15, -0.1) is 0 Å². The second kappa shape index (κ2) is 6.10. The fourth-order valence-electron chi connectivity index (χ4n) is 1.64. The van der Waals surface area contributed by atoms with Gasteiger partial charge in [0.25, 0.3) is 0 Å². The minimum absolute atomic E-state index is 0.148. The van der Waals surface area contributed by atoms with Gasteiger partial charge < -0.3 is 5.73 Å².